The van der Waals surface area contributed by atoms with Gasteiger partial charge in [-0.15, -0.1) is 0 Å². The fourth-order valence-electron chi connectivity index (χ4n) is 2.05. The van der Waals surface area contributed by atoms with Crippen molar-refractivity contribution in [1.82, 2.24) is 4.98 Å². The average Bonchev–Trinajstić information content (AvgIpc) is 2.38. The number of hydrogen-bond acceptors (Lipinski definition) is 1. The Morgan fingerprint density at radius 1 is 0.895 bits per heavy atom. The Kier molecular flexibility index (Phi) is 2.63. The van der Waals surface area contributed by atoms with E-state index < -0.39 is 11.6 Å². The first-order valence-corrected chi connectivity index (χ1v) is 5.72. The van der Waals surface area contributed by atoms with Crippen LogP contribution in [0.1, 0.15) is 0 Å². The van der Waals surface area contributed by atoms with Crippen LogP contribution in [0.15, 0.2) is 53.3 Å². The quantitative estimate of drug-likeness (QED) is 0.711. The second-order valence-electron chi connectivity index (χ2n) is 4.25. The van der Waals surface area contributed by atoms with E-state index in [4.69, 9.17) is 0 Å². The van der Waals surface area contributed by atoms with Gasteiger partial charge in [-0.3, -0.25) is 4.79 Å². The molecule has 19 heavy (non-hydrogen) atoms. The van der Waals surface area contributed by atoms with Crippen molar-refractivity contribution in [3.05, 3.63) is 70.5 Å². The van der Waals surface area contributed by atoms with Crippen LogP contribution >= 0.6 is 0 Å². The maximum Gasteiger partial charge on any atom is 0.256 e. The number of fused-ring (bicyclic) bond motifs is 1. The molecule has 0 bridgehead atoms. The number of aromatic nitrogens is 1. The zero-order valence-corrected chi connectivity index (χ0v) is 9.78. The van der Waals surface area contributed by atoms with Crippen LogP contribution in [0.2, 0.25) is 0 Å². The Morgan fingerprint density at radius 3 is 2.47 bits per heavy atom. The van der Waals surface area contributed by atoms with Gasteiger partial charge >= 0.3 is 0 Å². The van der Waals surface area contributed by atoms with Gasteiger partial charge in [0.05, 0.1) is 0 Å². The van der Waals surface area contributed by atoms with Gasteiger partial charge in [-0.1, -0.05) is 12.1 Å². The molecular weight excluding hydrogens is 248 g/mol. The Balaban J connectivity index is 2.28. The van der Waals surface area contributed by atoms with E-state index >= 15 is 0 Å². The van der Waals surface area contributed by atoms with E-state index in [9.17, 15) is 13.6 Å². The van der Waals surface area contributed by atoms with Gasteiger partial charge in [-0.05, 0) is 41.8 Å². The number of H-pyrrole nitrogens is 1. The molecule has 0 atom stereocenters. The number of aromatic amines is 1. The average molecular weight is 257 g/mol. The minimum atomic E-state index is -0.414. The maximum atomic E-state index is 13.2. The number of halogens is 2. The Morgan fingerprint density at radius 2 is 1.68 bits per heavy atom. The monoisotopic (exact) mass is 257 g/mol. The van der Waals surface area contributed by atoms with Crippen LogP contribution in [0.4, 0.5) is 8.78 Å². The SMILES string of the molecule is O=c1[nH]c(-c2cccc(F)c2)cc2cc(F)ccc12. The summed E-state index contributed by atoms with van der Waals surface area (Å²) in [5.74, 6) is -0.805. The molecule has 0 spiro atoms. The molecule has 2 nitrogen and oxygen atoms in total. The number of nitrogens with one attached hydrogen (secondary N) is 1. The molecular formula is C15H9F2NO. The molecule has 3 rings (SSSR count). The molecule has 94 valence electrons. The molecule has 0 amide bonds. The molecule has 0 saturated heterocycles. The number of benzene rings is 2. The maximum absolute atomic E-state index is 13.2. The third-order valence-corrected chi connectivity index (χ3v) is 2.94. The van der Waals surface area contributed by atoms with E-state index in [-0.39, 0.29) is 5.56 Å². The summed E-state index contributed by atoms with van der Waals surface area (Å²) in [6.07, 6.45) is 0. The van der Waals surface area contributed by atoms with E-state index in [1.54, 1.807) is 18.2 Å². The molecule has 0 saturated carbocycles. The third kappa shape index (κ3) is 2.12. The van der Waals surface area contributed by atoms with Gasteiger partial charge in [-0.2, -0.15) is 0 Å². The van der Waals surface area contributed by atoms with E-state index in [1.807, 2.05) is 0 Å². The highest BCUT2D eigenvalue weighted by atomic mass is 19.1. The molecule has 0 aliphatic rings. The molecule has 1 heterocycles. The van der Waals surface area contributed by atoms with Gasteiger partial charge in [0.2, 0.25) is 0 Å². The molecule has 0 aliphatic carbocycles. The Labute approximate surface area is 107 Å². The first-order valence-electron chi connectivity index (χ1n) is 5.72. The molecule has 1 N–H and O–H groups in total. The third-order valence-electron chi connectivity index (χ3n) is 2.94. The number of rotatable bonds is 1. The summed E-state index contributed by atoms with van der Waals surface area (Å²) in [6, 6.07) is 11.5. The van der Waals surface area contributed by atoms with Gasteiger partial charge in [-0.25, -0.2) is 8.78 Å². The zero-order valence-electron chi connectivity index (χ0n) is 9.78. The molecule has 0 radical (unpaired) electrons. The van der Waals surface area contributed by atoms with Crippen molar-refractivity contribution in [3.63, 3.8) is 0 Å². The highest BCUT2D eigenvalue weighted by molar-refractivity contribution is 5.85. The summed E-state index contributed by atoms with van der Waals surface area (Å²) in [5.41, 5.74) is 0.683. The molecule has 0 unspecified atom stereocenters. The van der Waals surface area contributed by atoms with Crippen molar-refractivity contribution in [2.75, 3.05) is 0 Å². The number of pyridine rings is 1. The predicted molar refractivity (Wildman–Crippen MR) is 69.9 cm³/mol. The van der Waals surface area contributed by atoms with Gasteiger partial charge < -0.3 is 4.98 Å². The van der Waals surface area contributed by atoms with Gasteiger partial charge in [0.15, 0.2) is 0 Å². The van der Waals surface area contributed by atoms with Gasteiger partial charge in [0, 0.05) is 16.6 Å². The second kappa shape index (κ2) is 4.31. The van der Waals surface area contributed by atoms with E-state index in [1.165, 1.54) is 30.3 Å². The van der Waals surface area contributed by atoms with Gasteiger partial charge in [0.1, 0.15) is 11.6 Å². The lowest BCUT2D eigenvalue weighted by Gasteiger charge is -2.04. The van der Waals surface area contributed by atoms with Crippen LogP contribution in [0, 0.1) is 11.6 Å². The van der Waals surface area contributed by atoms with Crippen LogP contribution in [-0.2, 0) is 0 Å². The smallest absolute Gasteiger partial charge is 0.256 e. The summed E-state index contributed by atoms with van der Waals surface area (Å²) in [6.45, 7) is 0. The van der Waals surface area contributed by atoms with Crippen LogP contribution in [0.3, 0.4) is 0 Å². The van der Waals surface area contributed by atoms with Crippen LogP contribution < -0.4 is 5.56 Å². The van der Waals surface area contributed by atoms with Crippen LogP contribution in [0.25, 0.3) is 22.0 Å². The van der Waals surface area contributed by atoms with Crippen molar-refractivity contribution in [2.45, 2.75) is 0 Å². The summed E-state index contributed by atoms with van der Waals surface area (Å²) in [4.78, 5) is 14.6. The van der Waals surface area contributed by atoms with Crippen LogP contribution in [-0.4, -0.2) is 4.98 Å². The van der Waals surface area contributed by atoms with E-state index in [2.05, 4.69) is 4.98 Å². The lowest BCUT2D eigenvalue weighted by atomic mass is 10.1. The fourth-order valence-corrected chi connectivity index (χ4v) is 2.05. The first kappa shape index (κ1) is 11.6. The van der Waals surface area contributed by atoms with Crippen molar-refractivity contribution >= 4 is 10.8 Å². The highest BCUT2D eigenvalue weighted by Gasteiger charge is 2.05. The van der Waals surface area contributed by atoms with E-state index in [0.717, 1.165) is 0 Å². The van der Waals surface area contributed by atoms with Crippen molar-refractivity contribution < 1.29 is 8.78 Å². The lowest BCUT2D eigenvalue weighted by Crippen LogP contribution is -2.07. The van der Waals surface area contributed by atoms with Crippen molar-refractivity contribution in [3.8, 4) is 11.3 Å². The largest absolute Gasteiger partial charge is 0.321 e. The topological polar surface area (TPSA) is 32.9 Å². The Bertz CT molecular complexity index is 824. The normalized spacial score (nSPS) is 10.8. The summed E-state index contributed by atoms with van der Waals surface area (Å²) in [7, 11) is 0. The Hall–Kier alpha value is -2.49. The molecule has 3 aromatic rings. The fraction of sp³-hybridized carbons (Fsp3) is 0. The predicted octanol–water partition coefficient (Wildman–Crippen LogP) is 3.47. The highest BCUT2D eigenvalue weighted by Crippen LogP contribution is 2.21. The summed E-state index contributed by atoms with van der Waals surface area (Å²) < 4.78 is 26.4. The zero-order chi connectivity index (χ0) is 13.4. The van der Waals surface area contributed by atoms with Crippen molar-refractivity contribution in [2.24, 2.45) is 0 Å². The molecule has 0 aliphatic heterocycles. The lowest BCUT2D eigenvalue weighted by molar-refractivity contribution is 0.628. The standard InChI is InChI=1S/C15H9F2NO/c16-11-3-1-2-9(6-11)14-8-10-7-12(17)4-5-13(10)15(19)18-14/h1-8H,(H,18,19). The van der Waals surface area contributed by atoms with Crippen LogP contribution in [0.5, 0.6) is 0 Å². The molecule has 2 aromatic carbocycles. The second-order valence-corrected chi connectivity index (χ2v) is 4.25. The molecule has 4 heteroatoms. The van der Waals surface area contributed by atoms with E-state index in [0.29, 0.717) is 22.0 Å². The minimum absolute atomic E-state index is 0.322. The molecule has 0 fully saturated rings. The summed E-state index contributed by atoms with van der Waals surface area (Å²) in [5, 5.41) is 0.893. The van der Waals surface area contributed by atoms with Crippen molar-refractivity contribution in [1.29, 1.82) is 0 Å². The summed E-state index contributed by atoms with van der Waals surface area (Å²) >= 11 is 0. The number of hydrogen-bond donors (Lipinski definition) is 1. The molecule has 1 aromatic heterocycles. The first-order chi connectivity index (χ1) is 9.13. The minimum Gasteiger partial charge on any atom is -0.321 e. The van der Waals surface area contributed by atoms with Gasteiger partial charge in [0.25, 0.3) is 5.56 Å².